The first-order valence-electron chi connectivity index (χ1n) is 7.45. The highest BCUT2D eigenvalue weighted by Crippen LogP contribution is 2.18. The molecule has 0 atom stereocenters. The van der Waals surface area contributed by atoms with Crippen molar-refractivity contribution in [2.24, 2.45) is 0 Å². The zero-order valence-corrected chi connectivity index (χ0v) is 14.6. The van der Waals surface area contributed by atoms with Crippen LogP contribution >= 0.6 is 22.9 Å². The van der Waals surface area contributed by atoms with E-state index in [4.69, 9.17) is 16.3 Å². The molecule has 7 heteroatoms. The highest BCUT2D eigenvalue weighted by atomic mass is 35.5. The van der Waals surface area contributed by atoms with Crippen molar-refractivity contribution >= 4 is 34.5 Å². The quantitative estimate of drug-likeness (QED) is 0.678. The average Bonchev–Trinajstić information content (AvgIpc) is 3.04. The lowest BCUT2D eigenvalue weighted by molar-refractivity contribution is -0.115. The lowest BCUT2D eigenvalue weighted by Gasteiger charge is -2.04. The van der Waals surface area contributed by atoms with Crippen molar-refractivity contribution in [2.45, 2.75) is 13.0 Å². The van der Waals surface area contributed by atoms with E-state index in [-0.39, 0.29) is 18.1 Å². The molecule has 0 aliphatic heterocycles. The predicted molar refractivity (Wildman–Crippen MR) is 96.6 cm³/mol. The third-order valence-corrected chi connectivity index (χ3v) is 4.37. The van der Waals surface area contributed by atoms with Crippen LogP contribution in [-0.4, -0.2) is 10.9 Å². The first kappa shape index (κ1) is 17.4. The summed E-state index contributed by atoms with van der Waals surface area (Å²) in [5, 5.41) is 5.96. The van der Waals surface area contributed by atoms with E-state index < -0.39 is 0 Å². The van der Waals surface area contributed by atoms with Crippen LogP contribution in [0.3, 0.4) is 0 Å². The van der Waals surface area contributed by atoms with E-state index in [1.165, 1.54) is 35.6 Å². The number of carbonyl (C=O) groups excluding carboxylic acids is 1. The predicted octanol–water partition coefficient (Wildman–Crippen LogP) is 4.70. The molecule has 0 radical (unpaired) electrons. The number of ether oxygens (including phenoxy) is 1. The number of amides is 1. The fourth-order valence-corrected chi connectivity index (χ4v) is 2.91. The number of hydrogen-bond acceptors (Lipinski definition) is 4. The molecule has 3 rings (SSSR count). The van der Waals surface area contributed by atoms with Crippen LogP contribution in [0.4, 0.5) is 10.1 Å². The number of anilines is 1. The van der Waals surface area contributed by atoms with Gasteiger partial charge in [-0.15, -0.1) is 11.3 Å². The number of rotatable bonds is 6. The maximum absolute atomic E-state index is 12.8. The highest BCUT2D eigenvalue weighted by molar-refractivity contribution is 7.09. The topological polar surface area (TPSA) is 51.2 Å². The monoisotopic (exact) mass is 376 g/mol. The third-order valence-electron chi connectivity index (χ3n) is 3.24. The lowest BCUT2D eigenvalue weighted by atomic mass is 10.3. The molecule has 3 aromatic rings. The molecule has 0 fully saturated rings. The molecule has 0 aliphatic rings. The van der Waals surface area contributed by atoms with Crippen LogP contribution in [0.15, 0.2) is 53.9 Å². The number of nitrogens with one attached hydrogen (secondary N) is 1. The Balaban J connectivity index is 1.51. The summed E-state index contributed by atoms with van der Waals surface area (Å²) in [6.07, 6.45) is 0.148. The number of nitrogens with zero attached hydrogens (tertiary/aromatic N) is 1. The Bertz CT molecular complexity index is 850. The van der Waals surface area contributed by atoms with Crippen LogP contribution in [0.1, 0.15) is 10.7 Å². The molecule has 0 unspecified atom stereocenters. The van der Waals surface area contributed by atoms with Gasteiger partial charge < -0.3 is 10.1 Å². The second kappa shape index (κ2) is 8.09. The molecule has 1 amide bonds. The van der Waals surface area contributed by atoms with Crippen LogP contribution < -0.4 is 10.1 Å². The van der Waals surface area contributed by atoms with Gasteiger partial charge in [0.25, 0.3) is 0 Å². The van der Waals surface area contributed by atoms with Gasteiger partial charge in [0, 0.05) is 16.1 Å². The van der Waals surface area contributed by atoms with Gasteiger partial charge in [-0.25, -0.2) is 9.37 Å². The number of hydrogen-bond donors (Lipinski definition) is 1. The zero-order valence-electron chi connectivity index (χ0n) is 13.0. The van der Waals surface area contributed by atoms with Gasteiger partial charge in [-0.2, -0.15) is 0 Å². The molecule has 0 bridgehead atoms. The van der Waals surface area contributed by atoms with Gasteiger partial charge in [0.15, 0.2) is 0 Å². The van der Waals surface area contributed by atoms with Gasteiger partial charge in [0.05, 0.1) is 12.1 Å². The fraction of sp³-hybridized carbons (Fsp3) is 0.111. The summed E-state index contributed by atoms with van der Waals surface area (Å²) in [6, 6.07) is 12.7. The van der Waals surface area contributed by atoms with Gasteiger partial charge in [-0.3, -0.25) is 4.79 Å². The van der Waals surface area contributed by atoms with Gasteiger partial charge in [0.1, 0.15) is 23.2 Å². The maximum atomic E-state index is 12.8. The van der Waals surface area contributed by atoms with E-state index in [0.29, 0.717) is 28.8 Å². The Hall–Kier alpha value is -2.44. The molecule has 1 aromatic heterocycles. The van der Waals surface area contributed by atoms with Crippen LogP contribution in [0.25, 0.3) is 0 Å². The first-order valence-corrected chi connectivity index (χ1v) is 8.71. The van der Waals surface area contributed by atoms with E-state index >= 15 is 0 Å². The molecule has 1 heterocycles. The normalized spacial score (nSPS) is 10.5. The van der Waals surface area contributed by atoms with E-state index in [2.05, 4.69) is 10.3 Å². The Kier molecular flexibility index (Phi) is 5.63. The molecular weight excluding hydrogens is 363 g/mol. The van der Waals surface area contributed by atoms with Crippen LogP contribution in [-0.2, 0) is 17.8 Å². The van der Waals surface area contributed by atoms with Crippen LogP contribution in [0.5, 0.6) is 5.75 Å². The number of benzene rings is 2. The summed E-state index contributed by atoms with van der Waals surface area (Å²) >= 11 is 7.25. The van der Waals surface area contributed by atoms with Gasteiger partial charge in [0.2, 0.25) is 5.91 Å². The van der Waals surface area contributed by atoms with Crippen molar-refractivity contribution in [3.05, 3.63) is 75.5 Å². The Morgan fingerprint density at radius 3 is 2.60 bits per heavy atom. The van der Waals surface area contributed by atoms with Crippen molar-refractivity contribution in [1.82, 2.24) is 4.98 Å². The van der Waals surface area contributed by atoms with Crippen molar-refractivity contribution in [3.63, 3.8) is 0 Å². The molecule has 4 nitrogen and oxygen atoms in total. The standard InChI is InChI=1S/C18H14ClFN2O2S/c19-12-1-7-16(8-2-12)24-10-18-22-15(11-25-18)9-17(23)21-14-5-3-13(20)4-6-14/h1-8,11H,9-10H2,(H,21,23). The smallest absolute Gasteiger partial charge is 0.230 e. The second-order valence-electron chi connectivity index (χ2n) is 5.21. The summed E-state index contributed by atoms with van der Waals surface area (Å²) in [5.41, 5.74) is 1.22. The molecule has 0 saturated carbocycles. The molecule has 2 aromatic carbocycles. The fourth-order valence-electron chi connectivity index (χ4n) is 2.08. The summed E-state index contributed by atoms with van der Waals surface area (Å²) < 4.78 is 18.5. The number of carbonyl (C=O) groups is 1. The molecule has 0 spiro atoms. The minimum absolute atomic E-state index is 0.148. The molecule has 25 heavy (non-hydrogen) atoms. The average molecular weight is 377 g/mol. The summed E-state index contributed by atoms with van der Waals surface area (Å²) in [4.78, 5) is 16.4. The minimum Gasteiger partial charge on any atom is -0.486 e. The summed E-state index contributed by atoms with van der Waals surface area (Å²) in [7, 11) is 0. The van der Waals surface area contributed by atoms with Gasteiger partial charge in [-0.05, 0) is 48.5 Å². The summed E-state index contributed by atoms with van der Waals surface area (Å²) in [6.45, 7) is 0.325. The van der Waals surface area contributed by atoms with Crippen molar-refractivity contribution in [3.8, 4) is 5.75 Å². The van der Waals surface area contributed by atoms with E-state index in [9.17, 15) is 9.18 Å². The first-order chi connectivity index (χ1) is 12.1. The third kappa shape index (κ3) is 5.27. The SMILES string of the molecule is O=C(Cc1csc(COc2ccc(Cl)cc2)n1)Nc1ccc(F)cc1. The molecule has 0 saturated heterocycles. The van der Waals surface area contributed by atoms with Crippen LogP contribution in [0.2, 0.25) is 5.02 Å². The Morgan fingerprint density at radius 2 is 1.88 bits per heavy atom. The lowest BCUT2D eigenvalue weighted by Crippen LogP contribution is -2.14. The second-order valence-corrected chi connectivity index (χ2v) is 6.59. The van der Waals surface area contributed by atoms with Crippen molar-refractivity contribution in [2.75, 3.05) is 5.32 Å². The largest absolute Gasteiger partial charge is 0.486 e. The van der Waals surface area contributed by atoms with E-state index in [1.807, 2.05) is 5.38 Å². The van der Waals surface area contributed by atoms with Gasteiger partial charge in [-0.1, -0.05) is 11.6 Å². The highest BCUT2D eigenvalue weighted by Gasteiger charge is 2.09. The number of aromatic nitrogens is 1. The van der Waals surface area contributed by atoms with E-state index in [1.54, 1.807) is 24.3 Å². The molecule has 128 valence electrons. The van der Waals surface area contributed by atoms with E-state index in [0.717, 1.165) is 5.01 Å². The Labute approximate surface area is 153 Å². The maximum Gasteiger partial charge on any atom is 0.230 e. The number of halogens is 2. The molecule has 1 N–H and O–H groups in total. The van der Waals surface area contributed by atoms with Crippen molar-refractivity contribution < 1.29 is 13.9 Å². The Morgan fingerprint density at radius 1 is 1.16 bits per heavy atom. The number of thiazole rings is 1. The van der Waals surface area contributed by atoms with Crippen molar-refractivity contribution in [1.29, 1.82) is 0 Å². The molecule has 0 aliphatic carbocycles. The zero-order chi connectivity index (χ0) is 17.6. The van der Waals surface area contributed by atoms with Crippen LogP contribution in [0, 0.1) is 5.82 Å². The van der Waals surface area contributed by atoms with Gasteiger partial charge >= 0.3 is 0 Å². The molecular formula is C18H14ClFN2O2S. The minimum atomic E-state index is -0.345. The summed E-state index contributed by atoms with van der Waals surface area (Å²) in [5.74, 6) is 0.153.